The third-order valence-electron chi connectivity index (χ3n) is 4.13. The van der Waals surface area contributed by atoms with E-state index < -0.39 is 5.25 Å². The fraction of sp³-hybridized carbons (Fsp3) is 0.316. The fourth-order valence-corrected chi connectivity index (χ4v) is 4.46. The van der Waals surface area contributed by atoms with E-state index in [1.165, 1.54) is 35.8 Å². The van der Waals surface area contributed by atoms with Gasteiger partial charge in [0.2, 0.25) is 0 Å². The Kier molecular flexibility index (Phi) is 5.48. The Bertz CT molecular complexity index is 990. The number of rotatable bonds is 5. The first-order valence-electron chi connectivity index (χ1n) is 8.27. The molecule has 1 unspecified atom stereocenters. The number of aromatic amines is 1. The molecule has 0 bridgehead atoms. The van der Waals surface area contributed by atoms with Crippen LogP contribution in [0.25, 0.3) is 21.3 Å². The number of carbonyl (C=O) groups is 1. The highest BCUT2D eigenvalue weighted by atomic mass is 32.2. The monoisotopic (exact) mass is 388 g/mol. The first-order valence-corrected chi connectivity index (χ1v) is 10.0. The van der Waals surface area contributed by atoms with Crippen molar-refractivity contribution >= 4 is 39.3 Å². The second-order valence-electron chi connectivity index (χ2n) is 6.26. The lowest BCUT2D eigenvalue weighted by atomic mass is 9.99. The van der Waals surface area contributed by atoms with Gasteiger partial charge in [0.25, 0.3) is 5.56 Å². The second-order valence-corrected chi connectivity index (χ2v) is 8.45. The number of fused-ring (bicyclic) bond motifs is 1. The molecule has 1 N–H and O–H groups in total. The number of thioether (sulfide) groups is 1. The van der Waals surface area contributed by atoms with E-state index in [4.69, 9.17) is 4.74 Å². The zero-order valence-electron chi connectivity index (χ0n) is 15.0. The van der Waals surface area contributed by atoms with Gasteiger partial charge in [0, 0.05) is 10.9 Å². The molecule has 0 radical (unpaired) electrons. The number of hydrogen-bond donors (Lipinski definition) is 1. The molecule has 2 heterocycles. The third-order valence-corrected chi connectivity index (χ3v) is 5.97. The van der Waals surface area contributed by atoms with Crippen LogP contribution in [-0.2, 0) is 9.53 Å². The number of thiophene rings is 1. The summed E-state index contributed by atoms with van der Waals surface area (Å²) < 4.78 is 4.71. The molecule has 7 heteroatoms. The molecule has 0 fully saturated rings. The van der Waals surface area contributed by atoms with Gasteiger partial charge in [-0.2, -0.15) is 0 Å². The topological polar surface area (TPSA) is 72.0 Å². The quantitative estimate of drug-likeness (QED) is 0.398. The van der Waals surface area contributed by atoms with Gasteiger partial charge in [0.05, 0.1) is 12.5 Å². The predicted molar refractivity (Wildman–Crippen MR) is 107 cm³/mol. The molecule has 0 spiro atoms. The van der Waals surface area contributed by atoms with Gasteiger partial charge < -0.3 is 9.72 Å². The number of hydrogen-bond acceptors (Lipinski definition) is 6. The molecule has 0 aliphatic carbocycles. The predicted octanol–water partition coefficient (Wildman–Crippen LogP) is 4.43. The molecule has 0 aliphatic heterocycles. The van der Waals surface area contributed by atoms with Crippen molar-refractivity contribution in [1.82, 2.24) is 9.97 Å². The van der Waals surface area contributed by atoms with Crippen molar-refractivity contribution in [2.24, 2.45) is 0 Å². The molecule has 3 rings (SSSR count). The van der Waals surface area contributed by atoms with E-state index in [0.717, 1.165) is 11.1 Å². The third kappa shape index (κ3) is 3.68. The molecule has 2 aromatic heterocycles. The summed E-state index contributed by atoms with van der Waals surface area (Å²) >= 11 is 2.61. The lowest BCUT2D eigenvalue weighted by molar-refractivity contribution is -0.139. The standard InChI is InChI=1S/C19H20N2O3S2/c1-10(2)12-5-7-13(8-6-12)14-9-25-17-15(14)16(22)20-19(21-17)26-11(3)18(23)24-4/h5-11H,1-4H3,(H,20,21,22). The first-order chi connectivity index (χ1) is 12.4. The van der Waals surface area contributed by atoms with Crippen LogP contribution in [0.15, 0.2) is 39.6 Å². The molecular weight excluding hydrogens is 368 g/mol. The lowest BCUT2D eigenvalue weighted by Gasteiger charge is -2.08. The van der Waals surface area contributed by atoms with Crippen molar-refractivity contribution in [3.8, 4) is 11.1 Å². The van der Waals surface area contributed by atoms with Gasteiger partial charge in [-0.25, -0.2) is 4.98 Å². The maximum Gasteiger partial charge on any atom is 0.318 e. The number of ether oxygens (including phenoxy) is 1. The molecule has 0 aliphatic rings. The van der Waals surface area contributed by atoms with Gasteiger partial charge in [-0.05, 0) is 24.0 Å². The van der Waals surface area contributed by atoms with Crippen LogP contribution in [0.2, 0.25) is 0 Å². The van der Waals surface area contributed by atoms with Crippen LogP contribution < -0.4 is 5.56 Å². The summed E-state index contributed by atoms with van der Waals surface area (Å²) in [6.07, 6.45) is 0. The highest BCUT2D eigenvalue weighted by Crippen LogP contribution is 2.32. The highest BCUT2D eigenvalue weighted by Gasteiger charge is 2.18. The Morgan fingerprint density at radius 3 is 2.54 bits per heavy atom. The Morgan fingerprint density at radius 1 is 1.23 bits per heavy atom. The van der Waals surface area contributed by atoms with Crippen LogP contribution in [0.4, 0.5) is 0 Å². The molecule has 0 saturated carbocycles. The SMILES string of the molecule is COC(=O)C(C)Sc1nc2scc(-c3ccc(C(C)C)cc3)c2c(=O)[nH]1. The van der Waals surface area contributed by atoms with Gasteiger partial charge in [-0.1, -0.05) is 49.9 Å². The van der Waals surface area contributed by atoms with Crippen LogP contribution in [0.3, 0.4) is 0 Å². The normalized spacial score (nSPS) is 12.5. The minimum atomic E-state index is -0.441. The van der Waals surface area contributed by atoms with Crippen LogP contribution in [0.1, 0.15) is 32.3 Å². The molecule has 1 aromatic carbocycles. The summed E-state index contributed by atoms with van der Waals surface area (Å²) in [6, 6.07) is 8.26. The molecule has 0 saturated heterocycles. The molecule has 1 atom stereocenters. The van der Waals surface area contributed by atoms with Crippen molar-refractivity contribution in [3.05, 3.63) is 45.6 Å². The van der Waals surface area contributed by atoms with Crippen molar-refractivity contribution < 1.29 is 9.53 Å². The molecule has 0 amide bonds. The molecule has 136 valence electrons. The fourth-order valence-electron chi connectivity index (χ4n) is 2.63. The Labute approximate surface area is 159 Å². The second kappa shape index (κ2) is 7.63. The van der Waals surface area contributed by atoms with E-state index in [1.54, 1.807) is 6.92 Å². The summed E-state index contributed by atoms with van der Waals surface area (Å²) in [5, 5.41) is 2.52. The number of nitrogens with one attached hydrogen (secondary N) is 1. The van der Waals surface area contributed by atoms with Crippen molar-refractivity contribution in [3.63, 3.8) is 0 Å². The zero-order valence-corrected chi connectivity index (χ0v) is 16.7. The number of aromatic nitrogens is 2. The number of benzene rings is 1. The van der Waals surface area contributed by atoms with Crippen molar-refractivity contribution in [1.29, 1.82) is 0 Å². The van der Waals surface area contributed by atoms with Gasteiger partial charge in [0.15, 0.2) is 5.16 Å². The average molecular weight is 389 g/mol. The molecule has 3 aromatic rings. The highest BCUT2D eigenvalue weighted by molar-refractivity contribution is 8.00. The van der Waals surface area contributed by atoms with Crippen LogP contribution in [0, 0.1) is 0 Å². The van der Waals surface area contributed by atoms with E-state index in [0.29, 0.717) is 21.3 Å². The number of nitrogens with zero attached hydrogens (tertiary/aromatic N) is 1. The first kappa shape index (κ1) is 18.7. The summed E-state index contributed by atoms with van der Waals surface area (Å²) in [5.74, 6) is 0.111. The number of carbonyl (C=O) groups excluding carboxylic acids is 1. The molecule has 5 nitrogen and oxygen atoms in total. The summed E-state index contributed by atoms with van der Waals surface area (Å²) in [4.78, 5) is 32.1. The van der Waals surface area contributed by atoms with Crippen LogP contribution in [0.5, 0.6) is 0 Å². The number of esters is 1. The van der Waals surface area contributed by atoms with Crippen LogP contribution in [-0.4, -0.2) is 28.3 Å². The Balaban J connectivity index is 1.97. The number of H-pyrrole nitrogens is 1. The Morgan fingerprint density at radius 2 is 1.92 bits per heavy atom. The van der Waals surface area contributed by atoms with Gasteiger partial charge in [-0.15, -0.1) is 11.3 Å². The lowest BCUT2D eigenvalue weighted by Crippen LogP contribution is -2.16. The average Bonchev–Trinajstić information content (AvgIpc) is 3.05. The minimum Gasteiger partial charge on any atom is -0.468 e. The summed E-state index contributed by atoms with van der Waals surface area (Å²) in [6.45, 7) is 6.02. The maximum absolute atomic E-state index is 12.6. The zero-order chi connectivity index (χ0) is 18.8. The van der Waals surface area contributed by atoms with Gasteiger partial charge in [0.1, 0.15) is 10.1 Å². The molecular formula is C19H20N2O3S2. The summed E-state index contributed by atoms with van der Waals surface area (Å²) in [5.41, 5.74) is 2.94. The van der Waals surface area contributed by atoms with Gasteiger partial charge in [-0.3, -0.25) is 9.59 Å². The smallest absolute Gasteiger partial charge is 0.318 e. The van der Waals surface area contributed by atoms with E-state index in [1.807, 2.05) is 17.5 Å². The largest absolute Gasteiger partial charge is 0.468 e. The van der Waals surface area contributed by atoms with E-state index in [9.17, 15) is 9.59 Å². The summed E-state index contributed by atoms with van der Waals surface area (Å²) in [7, 11) is 1.34. The van der Waals surface area contributed by atoms with Crippen LogP contribution >= 0.6 is 23.1 Å². The minimum absolute atomic E-state index is 0.196. The van der Waals surface area contributed by atoms with Gasteiger partial charge >= 0.3 is 5.97 Å². The van der Waals surface area contributed by atoms with E-state index in [-0.39, 0.29) is 11.5 Å². The van der Waals surface area contributed by atoms with E-state index in [2.05, 4.69) is 35.9 Å². The molecule has 26 heavy (non-hydrogen) atoms. The maximum atomic E-state index is 12.6. The van der Waals surface area contributed by atoms with Crippen molar-refractivity contribution in [2.45, 2.75) is 37.1 Å². The Hall–Kier alpha value is -2.12. The van der Waals surface area contributed by atoms with E-state index >= 15 is 0 Å². The number of methoxy groups -OCH3 is 1. The van der Waals surface area contributed by atoms with Crippen molar-refractivity contribution in [2.75, 3.05) is 7.11 Å².